The van der Waals surface area contributed by atoms with E-state index in [0.717, 1.165) is 19.0 Å². The molecule has 0 aromatic rings. The van der Waals surface area contributed by atoms with E-state index in [1.165, 1.54) is 0 Å². The van der Waals surface area contributed by atoms with Gasteiger partial charge in [-0.2, -0.15) is 11.8 Å². The largest absolute Gasteiger partial charge is 0.383 e. The van der Waals surface area contributed by atoms with Crippen LogP contribution in [0.4, 0.5) is 0 Å². The summed E-state index contributed by atoms with van der Waals surface area (Å²) in [5.41, 5.74) is 0. The molecular weight excluding hydrogens is 210 g/mol. The van der Waals surface area contributed by atoms with Crippen molar-refractivity contribution in [3.63, 3.8) is 0 Å². The van der Waals surface area contributed by atoms with Crippen molar-refractivity contribution in [2.24, 2.45) is 4.99 Å². The molecule has 5 heteroatoms. The highest BCUT2D eigenvalue weighted by Crippen LogP contribution is 2.19. The summed E-state index contributed by atoms with van der Waals surface area (Å²) in [4.78, 5) is 4.13. The number of nitrogens with zero attached hydrogens (tertiary/aromatic N) is 1. The Kier molecular flexibility index (Phi) is 7.60. The first-order valence-electron chi connectivity index (χ1n) is 5.04. The molecule has 0 radical (unpaired) electrons. The fourth-order valence-corrected chi connectivity index (χ4v) is 1.08. The summed E-state index contributed by atoms with van der Waals surface area (Å²) in [6, 6.07) is 0. The first-order valence-corrected chi connectivity index (χ1v) is 6.27. The van der Waals surface area contributed by atoms with E-state index in [1.54, 1.807) is 14.2 Å². The van der Waals surface area contributed by atoms with Gasteiger partial charge in [0.1, 0.15) is 0 Å². The molecule has 0 aromatic carbocycles. The molecule has 0 bridgehead atoms. The van der Waals surface area contributed by atoms with Gasteiger partial charge in [-0.3, -0.25) is 4.99 Å². The molecule has 2 N–H and O–H groups in total. The second-order valence-electron chi connectivity index (χ2n) is 3.81. The summed E-state index contributed by atoms with van der Waals surface area (Å²) in [7, 11) is 3.46. The number of hydrogen-bond acceptors (Lipinski definition) is 3. The monoisotopic (exact) mass is 233 g/mol. The van der Waals surface area contributed by atoms with Crippen LogP contribution in [0.1, 0.15) is 13.8 Å². The Morgan fingerprint density at radius 3 is 2.53 bits per heavy atom. The average molecular weight is 233 g/mol. The third kappa shape index (κ3) is 7.50. The zero-order valence-corrected chi connectivity index (χ0v) is 11.2. The lowest BCUT2D eigenvalue weighted by Gasteiger charge is -2.23. The number of methoxy groups -OCH3 is 1. The standard InChI is InChI=1S/C10H23N3OS/c1-10(2,15-5)8-13-9(11-3)12-6-7-14-4/h6-8H2,1-5H3,(H2,11,12,13). The van der Waals surface area contributed by atoms with Crippen molar-refractivity contribution in [2.45, 2.75) is 18.6 Å². The van der Waals surface area contributed by atoms with Crippen molar-refractivity contribution >= 4 is 17.7 Å². The van der Waals surface area contributed by atoms with Crippen LogP contribution in [0, 0.1) is 0 Å². The zero-order valence-electron chi connectivity index (χ0n) is 10.4. The molecular formula is C10H23N3OS. The molecule has 0 fully saturated rings. The second kappa shape index (κ2) is 7.82. The van der Waals surface area contributed by atoms with Gasteiger partial charge in [-0.05, 0) is 20.1 Å². The van der Waals surface area contributed by atoms with Gasteiger partial charge in [0.05, 0.1) is 6.61 Å². The van der Waals surface area contributed by atoms with E-state index in [2.05, 4.69) is 35.7 Å². The van der Waals surface area contributed by atoms with Crippen LogP contribution in [0.2, 0.25) is 0 Å². The van der Waals surface area contributed by atoms with Crippen LogP contribution in [0.5, 0.6) is 0 Å². The van der Waals surface area contributed by atoms with Gasteiger partial charge in [-0.1, -0.05) is 0 Å². The SMILES string of the molecule is CN=C(NCCOC)NCC(C)(C)SC. The molecule has 0 atom stereocenters. The Bertz CT molecular complexity index is 195. The number of rotatable bonds is 6. The lowest BCUT2D eigenvalue weighted by atomic mass is 10.2. The highest BCUT2D eigenvalue weighted by atomic mass is 32.2. The molecule has 0 aliphatic carbocycles. The van der Waals surface area contributed by atoms with Gasteiger partial charge >= 0.3 is 0 Å². The normalized spacial score (nSPS) is 12.7. The van der Waals surface area contributed by atoms with Crippen molar-refractivity contribution < 1.29 is 4.74 Å². The predicted octanol–water partition coefficient (Wildman–Crippen LogP) is 0.939. The van der Waals surface area contributed by atoms with Crippen molar-refractivity contribution in [3.05, 3.63) is 0 Å². The lowest BCUT2D eigenvalue weighted by Crippen LogP contribution is -2.44. The topological polar surface area (TPSA) is 45.7 Å². The van der Waals surface area contributed by atoms with Gasteiger partial charge in [0.15, 0.2) is 5.96 Å². The lowest BCUT2D eigenvalue weighted by molar-refractivity contribution is 0.203. The minimum Gasteiger partial charge on any atom is -0.383 e. The smallest absolute Gasteiger partial charge is 0.191 e. The molecule has 0 saturated heterocycles. The Hall–Kier alpha value is -0.420. The number of nitrogens with one attached hydrogen (secondary N) is 2. The van der Waals surface area contributed by atoms with E-state index in [4.69, 9.17) is 4.74 Å². The quantitative estimate of drug-likeness (QED) is 0.407. The van der Waals surface area contributed by atoms with Crippen molar-refractivity contribution in [3.8, 4) is 0 Å². The number of guanidine groups is 1. The Morgan fingerprint density at radius 2 is 2.07 bits per heavy atom. The first kappa shape index (κ1) is 14.6. The summed E-state index contributed by atoms with van der Waals surface area (Å²) in [6.07, 6.45) is 2.11. The van der Waals surface area contributed by atoms with Gasteiger partial charge in [0.25, 0.3) is 0 Å². The Balaban J connectivity index is 3.81. The summed E-state index contributed by atoms with van der Waals surface area (Å²) >= 11 is 1.84. The first-order chi connectivity index (χ1) is 7.05. The molecule has 0 heterocycles. The van der Waals surface area contributed by atoms with Gasteiger partial charge in [-0.15, -0.1) is 0 Å². The van der Waals surface area contributed by atoms with Crippen molar-refractivity contribution in [1.82, 2.24) is 10.6 Å². The third-order valence-corrected chi connectivity index (χ3v) is 3.31. The van der Waals surface area contributed by atoms with Crippen LogP contribution in [-0.4, -0.2) is 50.8 Å². The molecule has 0 saturated carbocycles. The average Bonchev–Trinajstić information content (AvgIpc) is 2.23. The van der Waals surface area contributed by atoms with E-state index in [-0.39, 0.29) is 4.75 Å². The highest BCUT2D eigenvalue weighted by molar-refractivity contribution is 7.99. The number of thioether (sulfide) groups is 1. The maximum Gasteiger partial charge on any atom is 0.191 e. The second-order valence-corrected chi connectivity index (χ2v) is 5.32. The van der Waals surface area contributed by atoms with Crippen LogP contribution in [0.15, 0.2) is 4.99 Å². The number of aliphatic imine (C=N–C) groups is 1. The van der Waals surface area contributed by atoms with Crippen molar-refractivity contribution in [1.29, 1.82) is 0 Å². The Morgan fingerprint density at radius 1 is 1.40 bits per heavy atom. The summed E-state index contributed by atoms with van der Waals surface area (Å²) < 4.78 is 5.18. The fraction of sp³-hybridized carbons (Fsp3) is 0.900. The van der Waals surface area contributed by atoms with Crippen LogP contribution in [0.25, 0.3) is 0 Å². The third-order valence-electron chi connectivity index (χ3n) is 2.06. The summed E-state index contributed by atoms with van der Waals surface area (Å²) in [6.45, 7) is 6.75. The van der Waals surface area contributed by atoms with E-state index in [1.807, 2.05) is 11.8 Å². The molecule has 0 unspecified atom stereocenters. The van der Waals surface area contributed by atoms with Gasteiger partial charge < -0.3 is 15.4 Å². The molecule has 0 spiro atoms. The van der Waals surface area contributed by atoms with Crippen molar-refractivity contribution in [2.75, 3.05) is 40.1 Å². The van der Waals surface area contributed by atoms with Gasteiger partial charge in [0, 0.05) is 32.0 Å². The minimum atomic E-state index is 0.221. The van der Waals surface area contributed by atoms with E-state index >= 15 is 0 Å². The molecule has 15 heavy (non-hydrogen) atoms. The molecule has 0 aliphatic rings. The summed E-state index contributed by atoms with van der Waals surface area (Å²) in [5.74, 6) is 0.828. The fourth-order valence-electron chi connectivity index (χ4n) is 0.861. The molecule has 0 rings (SSSR count). The molecule has 0 aromatic heterocycles. The van der Waals surface area contributed by atoms with Crippen LogP contribution in [-0.2, 0) is 4.74 Å². The number of ether oxygens (including phenoxy) is 1. The van der Waals surface area contributed by atoms with Crippen LogP contribution >= 0.6 is 11.8 Å². The van der Waals surface area contributed by atoms with E-state index < -0.39 is 0 Å². The number of hydrogen-bond donors (Lipinski definition) is 2. The molecule has 4 nitrogen and oxygen atoms in total. The van der Waals surface area contributed by atoms with E-state index in [9.17, 15) is 0 Å². The highest BCUT2D eigenvalue weighted by Gasteiger charge is 2.15. The maximum absolute atomic E-state index is 4.95. The van der Waals surface area contributed by atoms with Gasteiger partial charge in [-0.25, -0.2) is 0 Å². The Labute approximate surface area is 97.3 Å². The van der Waals surface area contributed by atoms with E-state index in [0.29, 0.717) is 6.61 Å². The predicted molar refractivity (Wildman–Crippen MR) is 68.8 cm³/mol. The zero-order chi connectivity index (χ0) is 11.7. The molecule has 0 aliphatic heterocycles. The molecule has 0 amide bonds. The summed E-state index contributed by atoms with van der Waals surface area (Å²) in [5, 5.41) is 6.45. The minimum absolute atomic E-state index is 0.221. The maximum atomic E-state index is 4.95. The van der Waals surface area contributed by atoms with Crippen LogP contribution in [0.3, 0.4) is 0 Å². The molecule has 90 valence electrons. The van der Waals surface area contributed by atoms with Crippen LogP contribution < -0.4 is 10.6 Å². The van der Waals surface area contributed by atoms with Gasteiger partial charge in [0.2, 0.25) is 0 Å².